The van der Waals surface area contributed by atoms with Crippen LogP contribution in [0.15, 0.2) is 40.4 Å². The minimum atomic E-state index is -0.284. The van der Waals surface area contributed by atoms with E-state index in [1.807, 2.05) is 19.2 Å². The van der Waals surface area contributed by atoms with Crippen LogP contribution in [0.1, 0.15) is 5.56 Å². The van der Waals surface area contributed by atoms with Gasteiger partial charge in [-0.05, 0) is 36.9 Å². The number of hydrogen-bond donors (Lipinski definition) is 0. The molecule has 1 aromatic carbocycles. The van der Waals surface area contributed by atoms with Crippen LogP contribution in [0.3, 0.4) is 0 Å². The molecule has 24 heavy (non-hydrogen) atoms. The summed E-state index contributed by atoms with van der Waals surface area (Å²) in [6, 6.07) is 7.20. The molecular formula is C15H11ClN6OS. The van der Waals surface area contributed by atoms with E-state index in [9.17, 15) is 4.79 Å². The summed E-state index contributed by atoms with van der Waals surface area (Å²) >= 11 is 7.57. The molecule has 0 saturated carbocycles. The fraction of sp³-hybridized carbons (Fsp3) is 0.133. The van der Waals surface area contributed by atoms with Crippen LogP contribution in [0.4, 0.5) is 0 Å². The second kappa shape index (κ2) is 5.57. The van der Waals surface area contributed by atoms with Gasteiger partial charge in [-0.3, -0.25) is 9.36 Å². The van der Waals surface area contributed by atoms with E-state index in [0.29, 0.717) is 27.2 Å². The number of fused-ring (bicyclic) bond motifs is 3. The van der Waals surface area contributed by atoms with Crippen LogP contribution in [0.2, 0.25) is 5.02 Å². The maximum Gasteiger partial charge on any atom is 0.285 e. The average Bonchev–Trinajstić information content (AvgIpc) is 3.02. The lowest BCUT2D eigenvalue weighted by Gasteiger charge is -2.10. The predicted molar refractivity (Wildman–Crippen MR) is 93.2 cm³/mol. The Kier molecular flexibility index (Phi) is 3.50. The van der Waals surface area contributed by atoms with Crippen molar-refractivity contribution in [1.29, 1.82) is 0 Å². The largest absolute Gasteiger partial charge is 0.285 e. The van der Waals surface area contributed by atoms with Crippen molar-refractivity contribution in [2.75, 3.05) is 6.26 Å². The molecule has 0 saturated heterocycles. The van der Waals surface area contributed by atoms with Gasteiger partial charge in [0.05, 0.1) is 5.69 Å². The van der Waals surface area contributed by atoms with Crippen molar-refractivity contribution in [2.24, 2.45) is 0 Å². The van der Waals surface area contributed by atoms with Gasteiger partial charge < -0.3 is 0 Å². The summed E-state index contributed by atoms with van der Waals surface area (Å²) in [7, 11) is 0. The number of hydrogen-bond acceptors (Lipinski definition) is 6. The standard InChI is InChI=1S/C15H11ClN6OS/c1-8-9(16)4-3-5-10(8)21-7-6-11-12(13(21)23)18-19-14-17-15(24-2)20-22(11)14/h3-7H,1-2H3. The van der Waals surface area contributed by atoms with E-state index in [-0.39, 0.29) is 11.1 Å². The molecule has 0 amide bonds. The van der Waals surface area contributed by atoms with Crippen LogP contribution < -0.4 is 5.56 Å². The summed E-state index contributed by atoms with van der Waals surface area (Å²) < 4.78 is 3.04. The highest BCUT2D eigenvalue weighted by Crippen LogP contribution is 2.22. The molecule has 0 radical (unpaired) electrons. The molecule has 0 N–H and O–H groups in total. The molecule has 7 nitrogen and oxygen atoms in total. The highest BCUT2D eigenvalue weighted by Gasteiger charge is 2.14. The minimum absolute atomic E-state index is 0.224. The van der Waals surface area contributed by atoms with Gasteiger partial charge in [0.25, 0.3) is 11.3 Å². The van der Waals surface area contributed by atoms with Crippen LogP contribution in [0, 0.1) is 6.92 Å². The fourth-order valence-electron chi connectivity index (χ4n) is 2.52. The highest BCUT2D eigenvalue weighted by atomic mass is 35.5. The normalized spacial score (nSPS) is 11.5. The van der Waals surface area contributed by atoms with E-state index >= 15 is 0 Å². The van der Waals surface area contributed by atoms with Crippen molar-refractivity contribution in [3.05, 3.63) is 51.4 Å². The van der Waals surface area contributed by atoms with Gasteiger partial charge in [0, 0.05) is 11.2 Å². The minimum Gasteiger partial charge on any atom is -0.282 e. The van der Waals surface area contributed by atoms with Crippen molar-refractivity contribution in [2.45, 2.75) is 12.1 Å². The third-order valence-electron chi connectivity index (χ3n) is 3.76. The maximum absolute atomic E-state index is 12.9. The van der Waals surface area contributed by atoms with Gasteiger partial charge in [0.2, 0.25) is 5.16 Å². The van der Waals surface area contributed by atoms with Gasteiger partial charge in [0.15, 0.2) is 5.52 Å². The van der Waals surface area contributed by atoms with Crippen LogP contribution >= 0.6 is 23.4 Å². The van der Waals surface area contributed by atoms with Gasteiger partial charge in [-0.25, -0.2) is 0 Å². The second-order valence-corrected chi connectivity index (χ2v) is 6.30. The van der Waals surface area contributed by atoms with E-state index in [2.05, 4.69) is 20.3 Å². The lowest BCUT2D eigenvalue weighted by atomic mass is 10.2. The SMILES string of the molecule is CSc1nc2nnc3c(=O)n(-c4cccc(Cl)c4C)ccc3n2n1. The Morgan fingerprint density at radius 3 is 2.83 bits per heavy atom. The number of rotatable bonds is 2. The Labute approximate surface area is 145 Å². The van der Waals surface area contributed by atoms with E-state index < -0.39 is 0 Å². The fourth-order valence-corrected chi connectivity index (χ4v) is 3.03. The first-order valence-electron chi connectivity index (χ1n) is 7.04. The number of benzene rings is 1. The lowest BCUT2D eigenvalue weighted by molar-refractivity contribution is 0.884. The second-order valence-electron chi connectivity index (χ2n) is 5.12. The van der Waals surface area contributed by atoms with Crippen molar-refractivity contribution in [3.63, 3.8) is 0 Å². The number of halogens is 1. The highest BCUT2D eigenvalue weighted by molar-refractivity contribution is 7.98. The summed E-state index contributed by atoms with van der Waals surface area (Å²) in [4.78, 5) is 17.1. The van der Waals surface area contributed by atoms with Crippen LogP contribution in [-0.4, -0.2) is 35.6 Å². The van der Waals surface area contributed by atoms with Crippen molar-refractivity contribution in [3.8, 4) is 5.69 Å². The topological polar surface area (TPSA) is 78.0 Å². The van der Waals surface area contributed by atoms with Crippen LogP contribution in [-0.2, 0) is 0 Å². The van der Waals surface area contributed by atoms with E-state index in [4.69, 9.17) is 11.6 Å². The smallest absolute Gasteiger partial charge is 0.282 e. The third kappa shape index (κ3) is 2.18. The summed E-state index contributed by atoms with van der Waals surface area (Å²) in [6.07, 6.45) is 3.56. The molecule has 0 spiro atoms. The number of pyridine rings is 1. The Balaban J connectivity index is 2.04. The first kappa shape index (κ1) is 15.1. The quantitative estimate of drug-likeness (QED) is 0.512. The molecule has 3 aromatic heterocycles. The van der Waals surface area contributed by atoms with E-state index in [0.717, 1.165) is 5.56 Å². The van der Waals surface area contributed by atoms with Gasteiger partial charge in [-0.2, -0.15) is 9.50 Å². The van der Waals surface area contributed by atoms with Crippen molar-refractivity contribution < 1.29 is 0 Å². The third-order valence-corrected chi connectivity index (χ3v) is 4.71. The van der Waals surface area contributed by atoms with Crippen molar-refractivity contribution in [1.82, 2.24) is 29.4 Å². The zero-order chi connectivity index (χ0) is 16.8. The summed E-state index contributed by atoms with van der Waals surface area (Å²) in [6.45, 7) is 1.87. The van der Waals surface area contributed by atoms with Crippen LogP contribution in [0.5, 0.6) is 0 Å². The molecule has 3 heterocycles. The van der Waals surface area contributed by atoms with Gasteiger partial charge in [-0.1, -0.05) is 29.4 Å². The first-order valence-corrected chi connectivity index (χ1v) is 8.64. The predicted octanol–water partition coefficient (Wildman–Crippen LogP) is 2.51. The van der Waals surface area contributed by atoms with Gasteiger partial charge >= 0.3 is 0 Å². The molecular weight excluding hydrogens is 348 g/mol. The van der Waals surface area contributed by atoms with Crippen molar-refractivity contribution >= 4 is 40.2 Å². The Morgan fingerprint density at radius 2 is 2.04 bits per heavy atom. The number of nitrogens with zero attached hydrogens (tertiary/aromatic N) is 6. The Morgan fingerprint density at radius 1 is 1.21 bits per heavy atom. The Hall–Kier alpha value is -2.45. The maximum atomic E-state index is 12.9. The molecule has 120 valence electrons. The molecule has 0 aliphatic heterocycles. The number of thioether (sulfide) groups is 1. The molecule has 4 aromatic rings. The molecule has 9 heteroatoms. The molecule has 0 unspecified atom stereocenters. The molecule has 0 fully saturated rings. The Bertz CT molecular complexity index is 1150. The van der Waals surface area contributed by atoms with E-state index in [1.54, 1.807) is 24.4 Å². The zero-order valence-electron chi connectivity index (χ0n) is 12.8. The van der Waals surface area contributed by atoms with E-state index in [1.165, 1.54) is 20.8 Å². The molecule has 0 aliphatic carbocycles. The lowest BCUT2D eigenvalue weighted by Crippen LogP contribution is -2.21. The molecule has 0 bridgehead atoms. The summed E-state index contributed by atoms with van der Waals surface area (Å²) in [5.74, 6) is 0.364. The number of aromatic nitrogens is 6. The van der Waals surface area contributed by atoms with Gasteiger partial charge in [-0.15, -0.1) is 15.3 Å². The summed E-state index contributed by atoms with van der Waals surface area (Å²) in [5.41, 5.74) is 2.03. The molecule has 4 rings (SSSR count). The molecule has 0 aliphatic rings. The molecule has 0 atom stereocenters. The monoisotopic (exact) mass is 358 g/mol. The zero-order valence-corrected chi connectivity index (χ0v) is 14.3. The van der Waals surface area contributed by atoms with Crippen LogP contribution in [0.25, 0.3) is 22.5 Å². The average molecular weight is 359 g/mol. The summed E-state index contributed by atoms with van der Waals surface area (Å²) in [5, 5.41) is 13.6. The first-order chi connectivity index (χ1) is 11.6. The van der Waals surface area contributed by atoms with Gasteiger partial charge in [0.1, 0.15) is 5.52 Å².